The number of urea groups is 2. The summed E-state index contributed by atoms with van der Waals surface area (Å²) in [5.41, 5.74) is 1.69. The molecule has 16 nitrogen and oxygen atoms in total. The second-order valence-electron chi connectivity index (χ2n) is 15.1. The summed E-state index contributed by atoms with van der Waals surface area (Å²) in [5.74, 6) is 1.94. The van der Waals surface area contributed by atoms with E-state index in [1.165, 1.54) is 35.9 Å². The molecule has 4 aromatic rings. The summed E-state index contributed by atoms with van der Waals surface area (Å²) in [5, 5.41) is 8.23. The molecule has 10 heterocycles. The van der Waals surface area contributed by atoms with Gasteiger partial charge in [0.2, 0.25) is 0 Å². The van der Waals surface area contributed by atoms with Crippen LogP contribution in [0.3, 0.4) is 0 Å². The van der Waals surface area contributed by atoms with Crippen LogP contribution in [-0.2, 0) is 0 Å². The zero-order valence-corrected chi connectivity index (χ0v) is 33.2. The Morgan fingerprint density at radius 3 is 1.75 bits per heavy atom. The van der Waals surface area contributed by atoms with Crippen LogP contribution in [0.2, 0.25) is 5.15 Å². The van der Waals surface area contributed by atoms with E-state index in [0.29, 0.717) is 54.4 Å². The largest absolute Gasteiger partial charge is 0.408 e. The topological polar surface area (TPSA) is 164 Å². The molecule has 4 saturated heterocycles. The normalized spacial score (nSPS) is 22.4. The fourth-order valence-corrected chi connectivity index (χ4v) is 8.62. The van der Waals surface area contributed by atoms with Gasteiger partial charge in [-0.25, -0.2) is 29.5 Å². The highest BCUT2D eigenvalue weighted by Gasteiger charge is 2.48. The first-order valence-electron chi connectivity index (χ1n) is 19.8. The van der Waals surface area contributed by atoms with Crippen molar-refractivity contribution in [3.63, 3.8) is 0 Å². The predicted octanol–water partition coefficient (Wildman–Crippen LogP) is 6.49. The van der Waals surface area contributed by atoms with Crippen LogP contribution < -0.4 is 40.4 Å². The number of nitrogens with zero attached hydrogens (tertiary/aromatic N) is 11. The van der Waals surface area contributed by atoms with Crippen LogP contribution in [0.5, 0.6) is 0 Å². The molecule has 4 fully saturated rings. The average molecular weight is 875 g/mol. The van der Waals surface area contributed by atoms with Gasteiger partial charge in [0.05, 0.1) is 35.9 Å². The van der Waals surface area contributed by atoms with Gasteiger partial charge in [-0.1, -0.05) is 11.6 Å². The van der Waals surface area contributed by atoms with E-state index < -0.39 is 30.5 Å². The quantitative estimate of drug-likeness (QED) is 0.152. The van der Waals surface area contributed by atoms with E-state index in [9.17, 15) is 35.9 Å². The SMILES string of the molecule is FC(F)(F)[C@H]1CCCN1.O=C(Nc1cnccn1)N1c2nc(Cl)ccc2N2CC[C@H]1C2.O=C(Nc1cnccn1)N1c2nc(N3CCC[C@@H]3C(F)(F)F)ccc2N2CC[C@H]1C2. The van der Waals surface area contributed by atoms with E-state index in [2.05, 4.69) is 55.7 Å². The van der Waals surface area contributed by atoms with Crippen molar-refractivity contribution in [1.29, 1.82) is 0 Å². The number of anilines is 7. The highest BCUT2D eigenvalue weighted by atomic mass is 35.5. The molecule has 0 spiro atoms. The van der Waals surface area contributed by atoms with Crippen molar-refractivity contribution in [2.24, 2.45) is 0 Å². The van der Waals surface area contributed by atoms with Gasteiger partial charge >= 0.3 is 24.4 Å². The van der Waals surface area contributed by atoms with Crippen molar-refractivity contribution < 1.29 is 35.9 Å². The smallest absolute Gasteiger partial charge is 0.366 e. The molecule has 4 amide bonds. The van der Waals surface area contributed by atoms with E-state index >= 15 is 0 Å². The van der Waals surface area contributed by atoms with Gasteiger partial charge in [0, 0.05) is 57.5 Å². The maximum Gasteiger partial charge on any atom is 0.408 e. The lowest BCUT2D eigenvalue weighted by Crippen LogP contribution is -2.49. The Kier molecular flexibility index (Phi) is 11.9. The number of carbonyl (C=O) groups is 2. The number of rotatable bonds is 3. The Bertz CT molecular complexity index is 2190. The Hall–Kier alpha value is -5.77. The lowest BCUT2D eigenvalue weighted by molar-refractivity contribution is -0.151. The van der Waals surface area contributed by atoms with E-state index in [0.717, 1.165) is 43.9 Å². The molecule has 10 rings (SSSR count). The number of aromatic nitrogens is 6. The summed E-state index contributed by atoms with van der Waals surface area (Å²) in [6, 6.07) is 3.58. The number of pyridine rings is 2. The molecule has 61 heavy (non-hydrogen) atoms. The lowest BCUT2D eigenvalue weighted by atomic mass is 10.2. The van der Waals surface area contributed by atoms with E-state index in [4.69, 9.17) is 11.6 Å². The predicted molar refractivity (Wildman–Crippen MR) is 215 cm³/mol. The highest BCUT2D eigenvalue weighted by molar-refractivity contribution is 6.29. The number of halogens is 7. The number of fused-ring (bicyclic) bond motifs is 8. The first-order valence-corrected chi connectivity index (χ1v) is 20.2. The van der Waals surface area contributed by atoms with Crippen molar-refractivity contribution in [2.75, 3.05) is 74.4 Å². The first-order chi connectivity index (χ1) is 29.2. The van der Waals surface area contributed by atoms with E-state index in [1.807, 2.05) is 6.07 Å². The maximum atomic E-state index is 13.5. The second-order valence-corrected chi connectivity index (χ2v) is 15.5. The number of hydrogen-bond donors (Lipinski definition) is 3. The molecule has 4 atom stereocenters. The third kappa shape index (κ3) is 9.14. The zero-order chi connectivity index (χ0) is 42.9. The summed E-state index contributed by atoms with van der Waals surface area (Å²) >= 11 is 6.01. The van der Waals surface area contributed by atoms with Crippen molar-refractivity contribution in [2.45, 2.75) is 75.0 Å². The molecule has 0 aromatic carbocycles. The highest BCUT2D eigenvalue weighted by Crippen LogP contribution is 2.43. The third-order valence-corrected chi connectivity index (χ3v) is 11.5. The molecular weight excluding hydrogens is 834 g/mol. The van der Waals surface area contributed by atoms with Gasteiger partial charge in [-0.3, -0.25) is 30.4 Å². The molecule has 4 bridgehead atoms. The van der Waals surface area contributed by atoms with Crippen LogP contribution in [-0.4, -0.2) is 118 Å². The Labute approximate surface area is 350 Å². The summed E-state index contributed by atoms with van der Waals surface area (Å²) < 4.78 is 75.5. The molecule has 6 aliphatic rings. The summed E-state index contributed by atoms with van der Waals surface area (Å²) in [7, 11) is 0. The fraction of sp³-hybridized carbons (Fsp3) is 0.474. The third-order valence-electron chi connectivity index (χ3n) is 11.3. The second kappa shape index (κ2) is 17.3. The van der Waals surface area contributed by atoms with Crippen LogP contribution in [0.1, 0.15) is 38.5 Å². The number of nitrogens with one attached hydrogen (secondary N) is 3. The number of hydrogen-bond acceptors (Lipinski definition) is 12. The van der Waals surface area contributed by atoms with Crippen molar-refractivity contribution in [3.05, 3.63) is 66.6 Å². The molecule has 23 heteroatoms. The van der Waals surface area contributed by atoms with Crippen LogP contribution in [0, 0.1) is 0 Å². The van der Waals surface area contributed by atoms with Gasteiger partial charge in [-0.05, 0) is 69.3 Å². The monoisotopic (exact) mass is 874 g/mol. The molecule has 6 aliphatic heterocycles. The molecule has 0 saturated carbocycles. The van der Waals surface area contributed by atoms with Crippen molar-refractivity contribution >= 4 is 64.1 Å². The lowest BCUT2D eigenvalue weighted by Gasteiger charge is -2.37. The average Bonchev–Trinajstić information content (AvgIpc) is 4.07. The Morgan fingerprint density at radius 2 is 1.26 bits per heavy atom. The molecule has 0 unspecified atom stereocenters. The number of carbonyl (C=O) groups excluding carboxylic acids is 2. The fourth-order valence-electron chi connectivity index (χ4n) is 8.48. The van der Waals surface area contributed by atoms with Crippen LogP contribution in [0.4, 0.5) is 76.4 Å². The van der Waals surface area contributed by atoms with Crippen LogP contribution in [0.15, 0.2) is 61.4 Å². The molecule has 324 valence electrons. The molecule has 3 N–H and O–H groups in total. The summed E-state index contributed by atoms with van der Waals surface area (Å²) in [4.78, 5) is 59.6. The van der Waals surface area contributed by atoms with Gasteiger partial charge in [0.25, 0.3) is 0 Å². The molecular formula is C38H41ClF6N14O2. The maximum absolute atomic E-state index is 13.5. The number of alkyl halides is 6. The van der Waals surface area contributed by atoms with E-state index in [1.54, 1.807) is 34.2 Å². The van der Waals surface area contributed by atoms with Crippen LogP contribution in [0.25, 0.3) is 0 Å². The van der Waals surface area contributed by atoms with Crippen molar-refractivity contribution in [3.8, 4) is 0 Å². The zero-order valence-electron chi connectivity index (χ0n) is 32.4. The van der Waals surface area contributed by atoms with Gasteiger partial charge in [0.15, 0.2) is 23.3 Å². The van der Waals surface area contributed by atoms with Crippen molar-refractivity contribution in [1.82, 2.24) is 35.2 Å². The standard InChI is InChI=1S/C19H20F3N7O.C14H13ClN6O.C5H8F3N/c20-19(21,22)14-2-1-8-28(14)16-4-3-13-17(26-16)29(12-5-9-27(13)11-12)18(30)25-15-10-23-6-7-24-15;15-11-2-1-10-13(18-11)21(9-3-6-20(10)8-9)14(22)19-12-7-16-4-5-17-12;6-5(7,8)4-2-1-3-9-4/h3-4,6-7,10,12,14H,1-2,5,8-9,11H2,(H,24,25,30);1-2,4-5,7,9H,3,6,8H2,(H,17,19,22);4,9H,1-3H2/t12-,14+;9-;4-/m001/s1. The van der Waals surface area contributed by atoms with Gasteiger partial charge < -0.3 is 20.0 Å². The molecule has 4 aromatic heterocycles. The van der Waals surface area contributed by atoms with Gasteiger partial charge in [-0.15, -0.1) is 0 Å². The Morgan fingerprint density at radius 1 is 0.689 bits per heavy atom. The first kappa shape index (κ1) is 41.9. The van der Waals surface area contributed by atoms with Crippen LogP contribution >= 0.6 is 11.6 Å². The minimum Gasteiger partial charge on any atom is -0.366 e. The van der Waals surface area contributed by atoms with Gasteiger partial charge in [-0.2, -0.15) is 26.3 Å². The minimum absolute atomic E-state index is 0.0495. The molecule has 0 aliphatic carbocycles. The van der Waals surface area contributed by atoms with Gasteiger partial charge in [0.1, 0.15) is 23.1 Å². The Balaban J connectivity index is 0.000000144. The number of amides is 4. The minimum atomic E-state index is -4.32. The van der Waals surface area contributed by atoms with E-state index in [-0.39, 0.29) is 43.3 Å². The summed E-state index contributed by atoms with van der Waals surface area (Å²) in [6.07, 6.45) is 3.71. The molecule has 0 radical (unpaired) electrons. The summed E-state index contributed by atoms with van der Waals surface area (Å²) in [6.45, 7) is 3.94.